The Labute approximate surface area is 190 Å². The number of nitrogens with one attached hydrogen (secondary N) is 2. The van der Waals surface area contributed by atoms with Gasteiger partial charge in [-0.25, -0.2) is 13.4 Å². The van der Waals surface area contributed by atoms with Crippen molar-refractivity contribution in [2.24, 2.45) is 0 Å². The molecule has 1 aromatic heterocycles. The van der Waals surface area contributed by atoms with Crippen molar-refractivity contribution in [1.29, 1.82) is 0 Å². The van der Waals surface area contributed by atoms with Crippen molar-refractivity contribution in [3.63, 3.8) is 0 Å². The summed E-state index contributed by atoms with van der Waals surface area (Å²) in [4.78, 5) is 16.9. The highest BCUT2D eigenvalue weighted by molar-refractivity contribution is 7.92. The van der Waals surface area contributed by atoms with Crippen molar-refractivity contribution in [2.75, 3.05) is 17.1 Å². The van der Waals surface area contributed by atoms with Crippen LogP contribution in [-0.2, 0) is 15.4 Å². The quantitative estimate of drug-likeness (QED) is 0.509. The van der Waals surface area contributed by atoms with Crippen LogP contribution in [0.2, 0.25) is 5.02 Å². The third kappa shape index (κ3) is 5.55. The van der Waals surface area contributed by atoms with E-state index in [1.807, 2.05) is 26.2 Å². The van der Waals surface area contributed by atoms with Gasteiger partial charge < -0.3 is 4.74 Å². The highest BCUT2D eigenvalue weighted by atomic mass is 35.5. The molecule has 2 aromatic carbocycles. The van der Waals surface area contributed by atoms with Crippen molar-refractivity contribution in [3.05, 3.63) is 64.1 Å². The van der Waals surface area contributed by atoms with Gasteiger partial charge in [0.1, 0.15) is 10.6 Å². The number of benzene rings is 2. The van der Waals surface area contributed by atoms with E-state index in [0.29, 0.717) is 16.6 Å². The SMILES string of the molecule is COc1ccc(NS(=O)(=O)c2cc(C(=O)Nc3nc(C(C)(C)C)cs3)ccc2Cl)cc1. The van der Waals surface area contributed by atoms with Gasteiger partial charge in [-0.2, -0.15) is 0 Å². The number of methoxy groups -OCH3 is 1. The maximum absolute atomic E-state index is 12.9. The maximum Gasteiger partial charge on any atom is 0.263 e. The van der Waals surface area contributed by atoms with Crippen LogP contribution in [0.1, 0.15) is 36.8 Å². The van der Waals surface area contributed by atoms with Gasteiger partial charge in [0.2, 0.25) is 0 Å². The highest BCUT2D eigenvalue weighted by Crippen LogP contribution is 2.28. The van der Waals surface area contributed by atoms with E-state index in [1.165, 1.54) is 36.6 Å². The summed E-state index contributed by atoms with van der Waals surface area (Å²) in [6.45, 7) is 6.08. The number of aromatic nitrogens is 1. The monoisotopic (exact) mass is 479 g/mol. The third-order valence-electron chi connectivity index (χ3n) is 4.32. The zero-order chi connectivity index (χ0) is 22.8. The molecule has 2 N–H and O–H groups in total. The molecular weight excluding hydrogens is 458 g/mol. The van der Waals surface area contributed by atoms with Crippen molar-refractivity contribution in [1.82, 2.24) is 4.98 Å². The molecule has 164 valence electrons. The van der Waals surface area contributed by atoms with E-state index in [1.54, 1.807) is 24.3 Å². The number of amides is 1. The Hall–Kier alpha value is -2.62. The molecule has 1 heterocycles. The first-order valence-electron chi connectivity index (χ1n) is 9.23. The molecule has 3 rings (SSSR count). The number of anilines is 2. The number of ether oxygens (including phenoxy) is 1. The zero-order valence-electron chi connectivity index (χ0n) is 17.4. The predicted octanol–water partition coefficient (Wildman–Crippen LogP) is 5.16. The number of thiazole rings is 1. The Balaban J connectivity index is 1.83. The van der Waals surface area contributed by atoms with Crippen LogP contribution in [0.5, 0.6) is 5.75 Å². The van der Waals surface area contributed by atoms with E-state index in [0.717, 1.165) is 5.69 Å². The van der Waals surface area contributed by atoms with E-state index >= 15 is 0 Å². The summed E-state index contributed by atoms with van der Waals surface area (Å²) in [5.74, 6) is 0.115. The summed E-state index contributed by atoms with van der Waals surface area (Å²) < 4.78 is 33.2. The smallest absolute Gasteiger partial charge is 0.263 e. The molecule has 0 aliphatic heterocycles. The van der Waals surface area contributed by atoms with Crippen molar-refractivity contribution in [3.8, 4) is 5.75 Å². The van der Waals surface area contributed by atoms with Gasteiger partial charge >= 0.3 is 0 Å². The van der Waals surface area contributed by atoms with Gasteiger partial charge in [0.05, 0.1) is 17.8 Å². The lowest BCUT2D eigenvalue weighted by Crippen LogP contribution is -2.17. The zero-order valence-corrected chi connectivity index (χ0v) is 19.8. The second-order valence-corrected chi connectivity index (χ2v) is 10.6. The largest absolute Gasteiger partial charge is 0.497 e. The van der Waals surface area contributed by atoms with Crippen LogP contribution in [0.25, 0.3) is 0 Å². The van der Waals surface area contributed by atoms with Gasteiger partial charge in [0.15, 0.2) is 5.13 Å². The van der Waals surface area contributed by atoms with Crippen LogP contribution in [0.4, 0.5) is 10.8 Å². The van der Waals surface area contributed by atoms with E-state index in [4.69, 9.17) is 16.3 Å². The number of nitrogens with zero attached hydrogens (tertiary/aromatic N) is 1. The number of halogens is 1. The molecule has 1 amide bonds. The Bertz CT molecular complexity index is 1200. The fourth-order valence-corrected chi connectivity index (χ4v) is 5.08. The van der Waals surface area contributed by atoms with Crippen LogP contribution in [-0.4, -0.2) is 26.4 Å². The molecule has 0 radical (unpaired) electrons. The standard InChI is InChI=1S/C21H22ClN3O4S2/c1-21(2,3)18-12-30-20(23-18)24-19(26)13-5-10-16(22)17(11-13)31(27,28)25-14-6-8-15(29-4)9-7-14/h5-12,25H,1-4H3,(H,23,24,26). The number of rotatable bonds is 6. The van der Waals surface area contributed by atoms with Gasteiger partial charge in [-0.05, 0) is 42.5 Å². The van der Waals surface area contributed by atoms with Crippen LogP contribution in [0.15, 0.2) is 52.7 Å². The molecule has 0 saturated carbocycles. The summed E-state index contributed by atoms with van der Waals surface area (Å²) in [7, 11) is -2.50. The predicted molar refractivity (Wildman–Crippen MR) is 124 cm³/mol. The number of hydrogen-bond acceptors (Lipinski definition) is 6. The molecule has 3 aromatic rings. The lowest BCUT2D eigenvalue weighted by Gasteiger charge is -2.14. The fraction of sp³-hybridized carbons (Fsp3) is 0.238. The molecule has 10 heteroatoms. The summed E-state index contributed by atoms with van der Waals surface area (Å²) in [6, 6.07) is 10.5. The molecule has 31 heavy (non-hydrogen) atoms. The lowest BCUT2D eigenvalue weighted by molar-refractivity contribution is 0.102. The number of sulfonamides is 1. The number of carbonyl (C=O) groups is 1. The molecule has 0 spiro atoms. The molecule has 7 nitrogen and oxygen atoms in total. The first kappa shape index (κ1) is 23.1. The average molecular weight is 480 g/mol. The summed E-state index contributed by atoms with van der Waals surface area (Å²) in [6.07, 6.45) is 0. The van der Waals surface area contributed by atoms with Crippen LogP contribution >= 0.6 is 22.9 Å². The molecule has 0 saturated heterocycles. The molecule has 0 aliphatic rings. The van der Waals surface area contributed by atoms with Gasteiger partial charge in [0.25, 0.3) is 15.9 Å². The summed E-state index contributed by atoms with van der Waals surface area (Å²) >= 11 is 7.44. The van der Waals surface area contributed by atoms with E-state index in [9.17, 15) is 13.2 Å². The van der Waals surface area contributed by atoms with Gasteiger partial charge in [-0.1, -0.05) is 32.4 Å². The molecule has 0 bridgehead atoms. The average Bonchev–Trinajstić information content (AvgIpc) is 3.17. The second kappa shape index (κ2) is 8.86. The molecule has 0 unspecified atom stereocenters. The number of carbonyl (C=O) groups excluding carboxylic acids is 1. The number of hydrogen-bond donors (Lipinski definition) is 2. The molecule has 0 aliphatic carbocycles. The first-order chi connectivity index (χ1) is 14.5. The fourth-order valence-electron chi connectivity index (χ4n) is 2.56. The minimum absolute atomic E-state index is 0.00169. The van der Waals surface area contributed by atoms with Crippen LogP contribution in [0, 0.1) is 0 Å². The van der Waals surface area contributed by atoms with Crippen molar-refractivity contribution < 1.29 is 17.9 Å². The van der Waals surface area contributed by atoms with Gasteiger partial charge in [-0.15, -0.1) is 11.3 Å². The summed E-state index contributed by atoms with van der Waals surface area (Å²) in [5.41, 5.74) is 1.20. The van der Waals surface area contributed by atoms with Gasteiger partial charge in [0, 0.05) is 22.0 Å². The summed E-state index contributed by atoms with van der Waals surface area (Å²) in [5, 5.41) is 5.03. The van der Waals surface area contributed by atoms with Crippen LogP contribution in [0.3, 0.4) is 0 Å². The normalized spacial score (nSPS) is 11.8. The lowest BCUT2D eigenvalue weighted by atomic mass is 9.93. The molecular formula is C21H22ClN3O4S2. The Morgan fingerprint density at radius 2 is 1.81 bits per heavy atom. The Morgan fingerprint density at radius 3 is 2.39 bits per heavy atom. The van der Waals surface area contributed by atoms with Crippen molar-refractivity contribution >= 4 is 49.7 Å². The van der Waals surface area contributed by atoms with Crippen LogP contribution < -0.4 is 14.8 Å². The first-order valence-corrected chi connectivity index (χ1v) is 12.0. The van der Waals surface area contributed by atoms with E-state index in [2.05, 4.69) is 15.0 Å². The van der Waals surface area contributed by atoms with E-state index in [-0.39, 0.29) is 20.9 Å². The van der Waals surface area contributed by atoms with E-state index < -0.39 is 15.9 Å². The minimum Gasteiger partial charge on any atom is -0.497 e. The minimum atomic E-state index is -4.02. The van der Waals surface area contributed by atoms with Crippen molar-refractivity contribution in [2.45, 2.75) is 31.1 Å². The van der Waals surface area contributed by atoms with Gasteiger partial charge in [-0.3, -0.25) is 14.8 Å². The maximum atomic E-state index is 12.9. The second-order valence-electron chi connectivity index (χ2n) is 7.72. The Kier molecular flexibility index (Phi) is 6.59. The molecule has 0 atom stereocenters. The Morgan fingerprint density at radius 1 is 1.13 bits per heavy atom. The molecule has 0 fully saturated rings. The highest BCUT2D eigenvalue weighted by Gasteiger charge is 2.22. The third-order valence-corrected chi connectivity index (χ3v) is 6.94. The topological polar surface area (TPSA) is 97.4 Å².